The molecule has 0 spiro atoms. The number of halogens is 1. The van der Waals surface area contributed by atoms with Crippen LogP contribution in [0.2, 0.25) is 5.02 Å². The van der Waals surface area contributed by atoms with Crippen molar-refractivity contribution in [3.63, 3.8) is 0 Å². The van der Waals surface area contributed by atoms with Crippen LogP contribution in [0.5, 0.6) is 0 Å². The third kappa shape index (κ3) is 3.59. The minimum atomic E-state index is -0.0987. The number of anilines is 1. The van der Waals surface area contributed by atoms with Gasteiger partial charge >= 0.3 is 0 Å². The van der Waals surface area contributed by atoms with E-state index in [2.05, 4.69) is 5.32 Å². The van der Waals surface area contributed by atoms with Crippen LogP contribution >= 0.6 is 11.6 Å². The maximum absolute atomic E-state index is 12.1. The van der Waals surface area contributed by atoms with Gasteiger partial charge in [-0.25, -0.2) is 0 Å². The Kier molecular flexibility index (Phi) is 4.77. The van der Waals surface area contributed by atoms with Crippen LogP contribution in [0.15, 0.2) is 42.5 Å². The second kappa shape index (κ2) is 6.55. The van der Waals surface area contributed by atoms with Gasteiger partial charge in [0.15, 0.2) is 0 Å². The molecule has 1 amide bonds. The van der Waals surface area contributed by atoms with E-state index in [0.717, 1.165) is 16.7 Å². The number of nitrogens with one attached hydrogen (secondary N) is 1. The first-order chi connectivity index (χ1) is 9.60. The molecular formula is C16H17ClN2O. The van der Waals surface area contributed by atoms with Crippen LogP contribution in [0.1, 0.15) is 16.7 Å². The lowest BCUT2D eigenvalue weighted by atomic mass is 10.0. The number of amides is 1. The molecule has 0 heterocycles. The number of nitrogens with two attached hydrogens (primary N) is 1. The Bertz CT molecular complexity index is 626. The van der Waals surface area contributed by atoms with E-state index >= 15 is 0 Å². The van der Waals surface area contributed by atoms with E-state index in [9.17, 15) is 4.79 Å². The maximum Gasteiger partial charge on any atom is 0.228 e. The molecule has 2 rings (SSSR count). The zero-order valence-corrected chi connectivity index (χ0v) is 12.1. The Hall–Kier alpha value is -1.84. The summed E-state index contributed by atoms with van der Waals surface area (Å²) in [6, 6.07) is 13.2. The van der Waals surface area contributed by atoms with Crippen molar-refractivity contribution in [1.29, 1.82) is 0 Å². The molecule has 0 aliphatic rings. The van der Waals surface area contributed by atoms with Gasteiger partial charge in [-0.05, 0) is 35.7 Å². The highest BCUT2D eigenvalue weighted by molar-refractivity contribution is 6.33. The minimum Gasteiger partial charge on any atom is -0.326 e. The molecular weight excluding hydrogens is 272 g/mol. The summed E-state index contributed by atoms with van der Waals surface area (Å²) in [6.07, 6.45) is 0.289. The SMILES string of the molecule is Cc1ccc(Cl)c(NC(=O)Cc2ccccc2CN)c1. The van der Waals surface area contributed by atoms with Crippen LogP contribution in [-0.4, -0.2) is 5.91 Å². The molecule has 0 saturated heterocycles. The standard InChI is InChI=1S/C16H17ClN2O/c1-11-6-7-14(17)15(8-11)19-16(20)9-12-4-2-3-5-13(12)10-18/h2-8H,9-10,18H2,1H3,(H,19,20). The number of hydrogen-bond acceptors (Lipinski definition) is 2. The number of carbonyl (C=O) groups excluding carboxylic acids is 1. The predicted molar refractivity (Wildman–Crippen MR) is 82.9 cm³/mol. The summed E-state index contributed by atoms with van der Waals surface area (Å²) in [5.74, 6) is -0.0987. The molecule has 0 aliphatic carbocycles. The van der Waals surface area contributed by atoms with Crippen LogP contribution < -0.4 is 11.1 Å². The van der Waals surface area contributed by atoms with E-state index in [1.54, 1.807) is 6.07 Å². The van der Waals surface area contributed by atoms with Crippen molar-refractivity contribution in [3.05, 3.63) is 64.2 Å². The highest BCUT2D eigenvalue weighted by Gasteiger charge is 2.09. The van der Waals surface area contributed by atoms with Gasteiger partial charge in [0.05, 0.1) is 17.1 Å². The molecule has 104 valence electrons. The lowest BCUT2D eigenvalue weighted by molar-refractivity contribution is -0.115. The molecule has 3 nitrogen and oxygen atoms in total. The van der Waals surface area contributed by atoms with E-state index in [-0.39, 0.29) is 12.3 Å². The summed E-state index contributed by atoms with van der Waals surface area (Å²) in [5, 5.41) is 3.38. The van der Waals surface area contributed by atoms with Gasteiger partial charge in [-0.1, -0.05) is 41.9 Å². The Labute approximate surface area is 123 Å². The minimum absolute atomic E-state index is 0.0987. The lowest BCUT2D eigenvalue weighted by Crippen LogP contribution is -2.16. The molecule has 0 aliphatic heterocycles. The van der Waals surface area contributed by atoms with Gasteiger partial charge in [0.2, 0.25) is 5.91 Å². The maximum atomic E-state index is 12.1. The van der Waals surface area contributed by atoms with E-state index in [4.69, 9.17) is 17.3 Å². The first-order valence-electron chi connectivity index (χ1n) is 6.43. The summed E-state index contributed by atoms with van der Waals surface area (Å²) >= 11 is 6.07. The van der Waals surface area contributed by atoms with Gasteiger partial charge in [0.25, 0.3) is 0 Å². The fourth-order valence-corrected chi connectivity index (χ4v) is 2.20. The van der Waals surface area contributed by atoms with Gasteiger partial charge in [-0.2, -0.15) is 0 Å². The molecule has 2 aromatic carbocycles. The van der Waals surface area contributed by atoms with Crippen LogP contribution in [0.4, 0.5) is 5.69 Å². The molecule has 0 aromatic heterocycles. The van der Waals surface area contributed by atoms with Gasteiger partial charge in [0.1, 0.15) is 0 Å². The van der Waals surface area contributed by atoms with Crippen molar-refractivity contribution in [2.24, 2.45) is 5.73 Å². The van der Waals surface area contributed by atoms with Crippen LogP contribution in [0.3, 0.4) is 0 Å². The fraction of sp³-hybridized carbons (Fsp3) is 0.188. The summed E-state index contributed by atoms with van der Waals surface area (Å²) in [7, 11) is 0. The topological polar surface area (TPSA) is 55.1 Å². The largest absolute Gasteiger partial charge is 0.326 e. The summed E-state index contributed by atoms with van der Waals surface area (Å²) < 4.78 is 0. The number of rotatable bonds is 4. The highest BCUT2D eigenvalue weighted by atomic mass is 35.5. The van der Waals surface area contributed by atoms with Crippen molar-refractivity contribution in [1.82, 2.24) is 0 Å². The normalized spacial score (nSPS) is 10.3. The third-order valence-corrected chi connectivity index (χ3v) is 3.41. The number of hydrogen-bond donors (Lipinski definition) is 2. The van der Waals surface area contributed by atoms with E-state index in [1.807, 2.05) is 43.3 Å². The summed E-state index contributed by atoms with van der Waals surface area (Å²) in [6.45, 7) is 2.38. The zero-order valence-electron chi connectivity index (χ0n) is 11.3. The van der Waals surface area contributed by atoms with E-state index < -0.39 is 0 Å². The van der Waals surface area contributed by atoms with Gasteiger partial charge < -0.3 is 11.1 Å². The van der Waals surface area contributed by atoms with Crippen molar-refractivity contribution < 1.29 is 4.79 Å². The fourth-order valence-electron chi connectivity index (χ4n) is 2.03. The van der Waals surface area contributed by atoms with Crippen molar-refractivity contribution in [2.75, 3.05) is 5.32 Å². The summed E-state index contributed by atoms with van der Waals surface area (Å²) in [5.41, 5.74) is 9.28. The van der Waals surface area contributed by atoms with Crippen molar-refractivity contribution >= 4 is 23.2 Å². The Morgan fingerprint density at radius 3 is 2.60 bits per heavy atom. The number of aryl methyl sites for hydroxylation is 1. The molecule has 0 bridgehead atoms. The lowest BCUT2D eigenvalue weighted by Gasteiger charge is -2.10. The van der Waals surface area contributed by atoms with E-state index in [0.29, 0.717) is 17.3 Å². The number of carbonyl (C=O) groups is 1. The Balaban J connectivity index is 2.11. The Morgan fingerprint density at radius 2 is 1.90 bits per heavy atom. The van der Waals surface area contributed by atoms with Crippen molar-refractivity contribution in [3.8, 4) is 0 Å². The second-order valence-electron chi connectivity index (χ2n) is 4.68. The first kappa shape index (κ1) is 14.6. The van der Waals surface area contributed by atoms with Crippen LogP contribution in [0.25, 0.3) is 0 Å². The predicted octanol–water partition coefficient (Wildman–Crippen LogP) is 3.29. The first-order valence-corrected chi connectivity index (χ1v) is 6.81. The van der Waals surface area contributed by atoms with Gasteiger partial charge in [-0.3, -0.25) is 4.79 Å². The quantitative estimate of drug-likeness (QED) is 0.907. The zero-order chi connectivity index (χ0) is 14.5. The third-order valence-electron chi connectivity index (χ3n) is 3.09. The molecule has 0 atom stereocenters. The monoisotopic (exact) mass is 288 g/mol. The molecule has 0 radical (unpaired) electrons. The van der Waals surface area contributed by atoms with Gasteiger partial charge in [-0.15, -0.1) is 0 Å². The smallest absolute Gasteiger partial charge is 0.228 e. The van der Waals surface area contributed by atoms with E-state index in [1.165, 1.54) is 0 Å². The molecule has 2 aromatic rings. The molecule has 20 heavy (non-hydrogen) atoms. The second-order valence-corrected chi connectivity index (χ2v) is 5.09. The van der Waals surface area contributed by atoms with Crippen LogP contribution in [-0.2, 0) is 17.8 Å². The molecule has 4 heteroatoms. The summed E-state index contributed by atoms with van der Waals surface area (Å²) in [4.78, 5) is 12.1. The van der Waals surface area contributed by atoms with Gasteiger partial charge in [0, 0.05) is 6.54 Å². The number of benzene rings is 2. The van der Waals surface area contributed by atoms with Crippen molar-refractivity contribution in [2.45, 2.75) is 19.9 Å². The molecule has 0 unspecified atom stereocenters. The molecule has 0 fully saturated rings. The molecule has 3 N–H and O–H groups in total. The highest BCUT2D eigenvalue weighted by Crippen LogP contribution is 2.23. The van der Waals surface area contributed by atoms with Crippen LogP contribution in [0, 0.1) is 6.92 Å². The average Bonchev–Trinajstić information content (AvgIpc) is 2.43. The average molecular weight is 289 g/mol. The Morgan fingerprint density at radius 1 is 1.20 bits per heavy atom. The molecule has 0 saturated carbocycles.